The Kier molecular flexibility index (Phi) is 6.70. The van der Waals surface area contributed by atoms with E-state index in [4.69, 9.17) is 9.15 Å². The molecule has 2 heterocycles. The lowest BCUT2D eigenvalue weighted by Crippen LogP contribution is -2.33. The number of hydrogen-bond donors (Lipinski definition) is 1. The SMILES string of the molecule is COC(=O)[C@H]1CC[C@H](CNC(=O)c2cc(C(F)(F)F)cc3ccn(Cc4cc5ccccc5o4)c23)CC1. The van der Waals surface area contributed by atoms with Crippen molar-refractivity contribution >= 4 is 33.7 Å². The number of carbonyl (C=O) groups excluding carboxylic acids is 2. The normalized spacial score (nSPS) is 18.3. The van der Waals surface area contributed by atoms with Gasteiger partial charge in [0.2, 0.25) is 0 Å². The predicted octanol–water partition coefficient (Wildman–Crippen LogP) is 6.16. The molecule has 1 saturated carbocycles. The topological polar surface area (TPSA) is 73.5 Å². The number of benzene rings is 2. The van der Waals surface area contributed by atoms with Gasteiger partial charge in [0.25, 0.3) is 5.91 Å². The Morgan fingerprint density at radius 3 is 2.51 bits per heavy atom. The van der Waals surface area contributed by atoms with Gasteiger partial charge in [-0.2, -0.15) is 13.2 Å². The molecule has 0 aliphatic heterocycles. The molecule has 9 heteroatoms. The van der Waals surface area contributed by atoms with Crippen LogP contribution in [0.5, 0.6) is 0 Å². The lowest BCUT2D eigenvalue weighted by molar-refractivity contribution is -0.146. The molecule has 37 heavy (non-hydrogen) atoms. The molecule has 0 atom stereocenters. The lowest BCUT2D eigenvalue weighted by atomic mass is 9.82. The highest BCUT2D eigenvalue weighted by Crippen LogP contribution is 2.35. The van der Waals surface area contributed by atoms with Crippen molar-refractivity contribution in [2.75, 3.05) is 13.7 Å². The maximum atomic E-state index is 13.6. The minimum atomic E-state index is -4.59. The summed E-state index contributed by atoms with van der Waals surface area (Å²) in [5.41, 5.74) is 0.230. The average Bonchev–Trinajstić information content (AvgIpc) is 3.49. The molecule has 0 spiro atoms. The Labute approximate surface area is 211 Å². The standard InChI is InChI=1S/C28H27F3N2O4/c1-36-27(35)18-8-6-17(7-9-18)15-32-26(34)23-14-21(28(29,30)31)12-20-10-11-33(25(20)23)16-22-13-19-4-2-3-5-24(19)37-22/h2-5,10-14,17-18H,6-9,15-16H2,1H3,(H,32,34)/t17-,18-. The molecule has 0 radical (unpaired) electrons. The Morgan fingerprint density at radius 1 is 1.05 bits per heavy atom. The van der Waals surface area contributed by atoms with E-state index in [-0.39, 0.29) is 29.9 Å². The minimum absolute atomic E-state index is 0.0332. The molecule has 2 aromatic carbocycles. The number of nitrogens with zero attached hydrogens (tertiary/aromatic N) is 1. The molecule has 1 N–H and O–H groups in total. The zero-order valence-electron chi connectivity index (χ0n) is 20.3. The summed E-state index contributed by atoms with van der Waals surface area (Å²) in [6, 6.07) is 13.0. The van der Waals surface area contributed by atoms with Crippen molar-refractivity contribution in [1.29, 1.82) is 0 Å². The fourth-order valence-electron chi connectivity index (χ4n) is 5.20. The molecule has 194 valence electrons. The van der Waals surface area contributed by atoms with Gasteiger partial charge in [-0.05, 0) is 61.9 Å². The largest absolute Gasteiger partial charge is 0.469 e. The van der Waals surface area contributed by atoms with Gasteiger partial charge in [0.05, 0.1) is 36.2 Å². The smallest absolute Gasteiger partial charge is 0.416 e. The Bertz CT molecular complexity index is 1410. The van der Waals surface area contributed by atoms with Crippen LogP contribution in [0.25, 0.3) is 21.9 Å². The van der Waals surface area contributed by atoms with Crippen LogP contribution in [0.3, 0.4) is 0 Å². The van der Waals surface area contributed by atoms with Crippen LogP contribution in [0, 0.1) is 11.8 Å². The van der Waals surface area contributed by atoms with E-state index in [0.29, 0.717) is 41.6 Å². The molecule has 0 saturated heterocycles. The number of methoxy groups -OCH3 is 1. The number of alkyl halides is 3. The Balaban J connectivity index is 1.40. The molecular formula is C28H27F3N2O4. The van der Waals surface area contributed by atoms with Crippen molar-refractivity contribution in [3.05, 3.63) is 71.6 Å². The van der Waals surface area contributed by atoms with Gasteiger partial charge < -0.3 is 19.0 Å². The van der Waals surface area contributed by atoms with Crippen molar-refractivity contribution in [3.8, 4) is 0 Å². The van der Waals surface area contributed by atoms with E-state index in [1.165, 1.54) is 7.11 Å². The fourth-order valence-corrected chi connectivity index (χ4v) is 5.20. The summed E-state index contributed by atoms with van der Waals surface area (Å²) in [6.07, 6.45) is -0.108. The first kappa shape index (κ1) is 24.9. The fraction of sp³-hybridized carbons (Fsp3) is 0.357. The highest BCUT2D eigenvalue weighted by atomic mass is 19.4. The zero-order valence-corrected chi connectivity index (χ0v) is 20.3. The van der Waals surface area contributed by atoms with Gasteiger partial charge in [0.1, 0.15) is 11.3 Å². The third-order valence-corrected chi connectivity index (χ3v) is 7.17. The van der Waals surface area contributed by atoms with Crippen LogP contribution in [0.15, 0.2) is 59.1 Å². The number of amides is 1. The second-order valence-electron chi connectivity index (χ2n) is 9.60. The number of carbonyl (C=O) groups is 2. The van der Waals surface area contributed by atoms with E-state index in [0.717, 1.165) is 30.4 Å². The molecular weight excluding hydrogens is 485 g/mol. The van der Waals surface area contributed by atoms with Crippen LogP contribution in [0.1, 0.15) is 47.4 Å². The number of para-hydroxylation sites is 1. The molecule has 0 bridgehead atoms. The molecule has 1 aliphatic rings. The third-order valence-electron chi connectivity index (χ3n) is 7.17. The quantitative estimate of drug-likeness (QED) is 0.314. The van der Waals surface area contributed by atoms with Crippen LogP contribution in [0.2, 0.25) is 0 Å². The number of halogens is 3. The van der Waals surface area contributed by atoms with Gasteiger partial charge in [-0.25, -0.2) is 0 Å². The number of hydrogen-bond acceptors (Lipinski definition) is 4. The van der Waals surface area contributed by atoms with Gasteiger partial charge in [0.15, 0.2) is 0 Å². The van der Waals surface area contributed by atoms with E-state index in [2.05, 4.69) is 5.32 Å². The zero-order chi connectivity index (χ0) is 26.2. The van der Waals surface area contributed by atoms with E-state index in [1.54, 1.807) is 16.8 Å². The summed E-state index contributed by atoms with van der Waals surface area (Å²) < 4.78 is 53.4. The Morgan fingerprint density at radius 2 is 1.81 bits per heavy atom. The van der Waals surface area contributed by atoms with Crippen LogP contribution in [-0.4, -0.2) is 30.1 Å². The highest BCUT2D eigenvalue weighted by Gasteiger charge is 2.33. The first-order chi connectivity index (χ1) is 17.7. The van der Waals surface area contributed by atoms with Crippen molar-refractivity contribution < 1.29 is 31.9 Å². The first-order valence-corrected chi connectivity index (χ1v) is 12.3. The average molecular weight is 513 g/mol. The summed E-state index contributed by atoms with van der Waals surface area (Å²) in [4.78, 5) is 25.0. The first-order valence-electron chi connectivity index (χ1n) is 12.3. The second kappa shape index (κ2) is 9.95. The number of aromatic nitrogens is 1. The van der Waals surface area contributed by atoms with Crippen LogP contribution in [0.4, 0.5) is 13.2 Å². The van der Waals surface area contributed by atoms with E-state index in [1.807, 2.05) is 30.3 Å². The van der Waals surface area contributed by atoms with E-state index < -0.39 is 17.6 Å². The summed E-state index contributed by atoms with van der Waals surface area (Å²) in [5.74, 6) is -0.142. The van der Waals surface area contributed by atoms with Crippen LogP contribution < -0.4 is 5.32 Å². The number of rotatable bonds is 6. The molecule has 6 nitrogen and oxygen atoms in total. The second-order valence-corrected chi connectivity index (χ2v) is 9.60. The van der Waals surface area contributed by atoms with Gasteiger partial charge >= 0.3 is 12.1 Å². The number of furan rings is 1. The molecule has 1 amide bonds. The van der Waals surface area contributed by atoms with E-state index in [9.17, 15) is 22.8 Å². The minimum Gasteiger partial charge on any atom is -0.469 e. The number of nitrogens with one attached hydrogen (secondary N) is 1. The van der Waals surface area contributed by atoms with E-state index >= 15 is 0 Å². The predicted molar refractivity (Wildman–Crippen MR) is 132 cm³/mol. The molecule has 2 aromatic heterocycles. The molecule has 4 aromatic rings. The molecule has 1 fully saturated rings. The number of fused-ring (bicyclic) bond motifs is 2. The maximum Gasteiger partial charge on any atom is 0.416 e. The number of ether oxygens (including phenoxy) is 1. The number of esters is 1. The summed E-state index contributed by atoms with van der Waals surface area (Å²) in [5, 5.41) is 4.09. The van der Waals surface area contributed by atoms with Gasteiger partial charge in [-0.15, -0.1) is 0 Å². The monoisotopic (exact) mass is 512 g/mol. The summed E-state index contributed by atoms with van der Waals surface area (Å²) >= 11 is 0. The Hall–Kier alpha value is -3.75. The van der Waals surface area contributed by atoms with Crippen molar-refractivity contribution in [2.45, 2.75) is 38.4 Å². The van der Waals surface area contributed by atoms with Gasteiger partial charge in [-0.1, -0.05) is 18.2 Å². The third kappa shape index (κ3) is 5.21. The van der Waals surface area contributed by atoms with Crippen molar-refractivity contribution in [1.82, 2.24) is 9.88 Å². The summed E-state index contributed by atoms with van der Waals surface area (Å²) in [7, 11) is 1.37. The van der Waals surface area contributed by atoms with Crippen LogP contribution in [-0.2, 0) is 22.3 Å². The maximum absolute atomic E-state index is 13.6. The summed E-state index contributed by atoms with van der Waals surface area (Å²) in [6.45, 7) is 0.593. The molecule has 1 aliphatic carbocycles. The lowest BCUT2D eigenvalue weighted by Gasteiger charge is -2.27. The van der Waals surface area contributed by atoms with Crippen molar-refractivity contribution in [2.24, 2.45) is 11.8 Å². The van der Waals surface area contributed by atoms with Gasteiger partial charge in [0, 0.05) is 23.5 Å². The molecule has 0 unspecified atom stereocenters. The van der Waals surface area contributed by atoms with Crippen molar-refractivity contribution in [3.63, 3.8) is 0 Å². The van der Waals surface area contributed by atoms with Crippen LogP contribution >= 0.6 is 0 Å². The highest BCUT2D eigenvalue weighted by molar-refractivity contribution is 6.06. The molecule has 5 rings (SSSR count). The van der Waals surface area contributed by atoms with Gasteiger partial charge in [-0.3, -0.25) is 9.59 Å².